The molecule has 2 rings (SSSR count). The van der Waals surface area contributed by atoms with Gasteiger partial charge in [0.1, 0.15) is 29.9 Å². The Morgan fingerprint density at radius 2 is 1.83 bits per heavy atom. The van der Waals surface area contributed by atoms with Crippen molar-refractivity contribution in [2.24, 2.45) is 5.18 Å². The van der Waals surface area contributed by atoms with Crippen molar-refractivity contribution in [3.63, 3.8) is 0 Å². The number of ether oxygens (including phenoxy) is 1. The molecular formula is C13H16N2O8S. The zero-order valence-electron chi connectivity index (χ0n) is 12.2. The standard InChI is InChI=1S/C13H16N2O8S/c16-5-8-9(17)10(18)11(19)13(23-8)24-12(14-20)6-1-3-7(4-2-6)15(21)22/h1-4,8-13,16-19H,5H2/t8-,9-,10+,11-,12?,13+/m1/s1. The van der Waals surface area contributed by atoms with Crippen LogP contribution in [0.15, 0.2) is 29.4 Å². The molecule has 1 aromatic carbocycles. The fraction of sp³-hybridized carbons (Fsp3) is 0.538. The van der Waals surface area contributed by atoms with Crippen LogP contribution in [0.5, 0.6) is 0 Å². The third kappa shape index (κ3) is 3.88. The van der Waals surface area contributed by atoms with Crippen molar-refractivity contribution >= 4 is 17.4 Å². The van der Waals surface area contributed by atoms with Gasteiger partial charge in [-0.3, -0.25) is 10.1 Å². The highest BCUT2D eigenvalue weighted by Crippen LogP contribution is 2.39. The highest BCUT2D eigenvalue weighted by Gasteiger charge is 2.44. The number of nitroso groups, excluding NO2 is 1. The van der Waals surface area contributed by atoms with Crippen molar-refractivity contribution < 1.29 is 30.1 Å². The number of aliphatic hydroxyl groups is 4. The van der Waals surface area contributed by atoms with E-state index in [2.05, 4.69) is 5.18 Å². The molecule has 0 spiro atoms. The van der Waals surface area contributed by atoms with E-state index >= 15 is 0 Å². The molecule has 6 atom stereocenters. The van der Waals surface area contributed by atoms with Gasteiger partial charge < -0.3 is 25.2 Å². The lowest BCUT2D eigenvalue weighted by molar-refractivity contribution is -0.384. The molecule has 11 heteroatoms. The number of hydrogen-bond donors (Lipinski definition) is 4. The van der Waals surface area contributed by atoms with Crippen LogP contribution >= 0.6 is 11.8 Å². The van der Waals surface area contributed by atoms with E-state index in [0.29, 0.717) is 5.56 Å². The second kappa shape index (κ2) is 7.96. The number of aliphatic hydroxyl groups excluding tert-OH is 4. The molecule has 1 fully saturated rings. The Morgan fingerprint density at radius 3 is 2.33 bits per heavy atom. The summed E-state index contributed by atoms with van der Waals surface area (Å²) in [6.45, 7) is -0.585. The molecule has 10 nitrogen and oxygen atoms in total. The number of rotatable bonds is 6. The molecule has 0 bridgehead atoms. The zero-order chi connectivity index (χ0) is 17.9. The summed E-state index contributed by atoms with van der Waals surface area (Å²) in [5, 5.41) is 51.0. The van der Waals surface area contributed by atoms with Gasteiger partial charge in [0.2, 0.25) is 0 Å². The van der Waals surface area contributed by atoms with Gasteiger partial charge in [-0.2, -0.15) is 0 Å². The molecule has 1 aliphatic rings. The molecule has 1 aliphatic heterocycles. The van der Waals surface area contributed by atoms with Crippen LogP contribution in [-0.2, 0) is 4.74 Å². The number of non-ortho nitro benzene ring substituents is 1. The van der Waals surface area contributed by atoms with Crippen molar-refractivity contribution in [3.05, 3.63) is 44.9 Å². The van der Waals surface area contributed by atoms with Crippen LogP contribution in [0.3, 0.4) is 0 Å². The third-order valence-electron chi connectivity index (χ3n) is 3.60. The molecule has 0 radical (unpaired) electrons. The van der Waals surface area contributed by atoms with Crippen molar-refractivity contribution in [2.45, 2.75) is 35.2 Å². The molecule has 4 N–H and O–H groups in total. The third-order valence-corrected chi connectivity index (χ3v) is 4.87. The topological polar surface area (TPSA) is 163 Å². The molecule has 1 heterocycles. The molecule has 132 valence electrons. The Kier molecular flexibility index (Phi) is 6.21. The predicted octanol–water partition coefficient (Wildman–Crippen LogP) is -0.107. The van der Waals surface area contributed by atoms with Gasteiger partial charge in [0.25, 0.3) is 5.69 Å². The fourth-order valence-electron chi connectivity index (χ4n) is 2.23. The first-order valence-corrected chi connectivity index (χ1v) is 7.86. The second-order valence-corrected chi connectivity index (χ2v) is 6.32. The quantitative estimate of drug-likeness (QED) is 0.308. The average molecular weight is 360 g/mol. The van der Waals surface area contributed by atoms with Crippen LogP contribution in [0.25, 0.3) is 0 Å². The summed E-state index contributed by atoms with van der Waals surface area (Å²) in [6.07, 6.45) is -5.65. The number of nitro groups is 1. The molecule has 1 saturated heterocycles. The minimum atomic E-state index is -1.56. The highest BCUT2D eigenvalue weighted by molar-refractivity contribution is 8.00. The predicted molar refractivity (Wildman–Crippen MR) is 83.0 cm³/mol. The Morgan fingerprint density at radius 1 is 1.21 bits per heavy atom. The fourth-order valence-corrected chi connectivity index (χ4v) is 3.38. The van der Waals surface area contributed by atoms with E-state index < -0.39 is 46.8 Å². The van der Waals surface area contributed by atoms with E-state index in [0.717, 1.165) is 11.8 Å². The summed E-state index contributed by atoms with van der Waals surface area (Å²) in [6, 6.07) is 5.12. The zero-order valence-corrected chi connectivity index (χ0v) is 13.0. The van der Waals surface area contributed by atoms with Gasteiger partial charge in [0.15, 0.2) is 5.37 Å². The van der Waals surface area contributed by atoms with E-state index in [9.17, 15) is 30.3 Å². The van der Waals surface area contributed by atoms with Crippen molar-refractivity contribution in [2.75, 3.05) is 6.61 Å². The lowest BCUT2D eigenvalue weighted by Crippen LogP contribution is -2.57. The van der Waals surface area contributed by atoms with Gasteiger partial charge in [-0.1, -0.05) is 16.9 Å². The first-order chi connectivity index (χ1) is 11.4. The van der Waals surface area contributed by atoms with Crippen LogP contribution in [0.1, 0.15) is 10.9 Å². The van der Waals surface area contributed by atoms with E-state index in [1.54, 1.807) is 0 Å². The molecule has 0 aromatic heterocycles. The van der Waals surface area contributed by atoms with E-state index in [1.807, 2.05) is 0 Å². The summed E-state index contributed by atoms with van der Waals surface area (Å²) in [5.41, 5.74) is -0.933. The Bertz CT molecular complexity index is 584. The largest absolute Gasteiger partial charge is 0.394 e. The minimum Gasteiger partial charge on any atom is -0.394 e. The summed E-state index contributed by atoms with van der Waals surface area (Å²) in [4.78, 5) is 21.1. The SMILES string of the molecule is O=NC(S[C@@H]1O[C@H](CO)[C@@H](O)[C@H](O)[C@H]1O)c1ccc([N+](=O)[O-])cc1. The molecule has 0 amide bonds. The van der Waals surface area contributed by atoms with E-state index in [-0.39, 0.29) is 5.69 Å². The maximum Gasteiger partial charge on any atom is 0.269 e. The number of hydrogen-bond acceptors (Lipinski definition) is 10. The van der Waals surface area contributed by atoms with Gasteiger partial charge in [0, 0.05) is 12.1 Å². The molecular weight excluding hydrogens is 344 g/mol. The molecule has 1 aromatic rings. The van der Waals surface area contributed by atoms with E-state index in [4.69, 9.17) is 9.84 Å². The maximum absolute atomic E-state index is 11.1. The van der Waals surface area contributed by atoms with Crippen LogP contribution < -0.4 is 0 Å². The number of thioether (sulfide) groups is 1. The second-order valence-electron chi connectivity index (χ2n) is 5.14. The van der Waals surface area contributed by atoms with E-state index in [1.165, 1.54) is 24.3 Å². The maximum atomic E-state index is 11.1. The Balaban J connectivity index is 2.14. The van der Waals surface area contributed by atoms with Gasteiger partial charge in [0.05, 0.1) is 11.5 Å². The van der Waals surface area contributed by atoms with Gasteiger partial charge in [-0.25, -0.2) is 0 Å². The van der Waals surface area contributed by atoms with Crippen LogP contribution in [0.2, 0.25) is 0 Å². The van der Waals surface area contributed by atoms with Crippen molar-refractivity contribution in [3.8, 4) is 0 Å². The number of nitrogens with zero attached hydrogens (tertiary/aromatic N) is 2. The lowest BCUT2D eigenvalue weighted by Gasteiger charge is -2.40. The first kappa shape index (κ1) is 18.7. The van der Waals surface area contributed by atoms with Gasteiger partial charge in [-0.05, 0) is 17.7 Å². The normalized spacial score (nSPS) is 31.4. The van der Waals surface area contributed by atoms with Crippen LogP contribution in [-0.4, -0.2) is 61.8 Å². The molecule has 0 aliphatic carbocycles. The minimum absolute atomic E-state index is 0.152. The number of benzene rings is 1. The molecule has 0 saturated carbocycles. The Labute approximate surface area is 140 Å². The monoisotopic (exact) mass is 360 g/mol. The summed E-state index contributed by atoms with van der Waals surface area (Å²) in [7, 11) is 0. The number of nitro benzene ring substituents is 1. The molecule has 1 unspecified atom stereocenters. The summed E-state index contributed by atoms with van der Waals surface area (Å²) in [5.74, 6) is 0. The highest BCUT2D eigenvalue weighted by atomic mass is 32.2. The average Bonchev–Trinajstić information content (AvgIpc) is 2.59. The summed E-state index contributed by atoms with van der Waals surface area (Å²) < 4.78 is 5.29. The van der Waals surface area contributed by atoms with Crippen molar-refractivity contribution in [1.29, 1.82) is 0 Å². The summed E-state index contributed by atoms with van der Waals surface area (Å²) >= 11 is 0.763. The smallest absolute Gasteiger partial charge is 0.269 e. The lowest BCUT2D eigenvalue weighted by atomic mass is 10.0. The van der Waals surface area contributed by atoms with Crippen LogP contribution in [0, 0.1) is 15.0 Å². The van der Waals surface area contributed by atoms with Crippen molar-refractivity contribution in [1.82, 2.24) is 0 Å². The van der Waals surface area contributed by atoms with Crippen LogP contribution in [0.4, 0.5) is 5.69 Å². The van der Waals surface area contributed by atoms with Gasteiger partial charge in [-0.15, -0.1) is 4.91 Å². The first-order valence-electron chi connectivity index (χ1n) is 6.91. The molecule has 24 heavy (non-hydrogen) atoms. The van der Waals surface area contributed by atoms with Gasteiger partial charge >= 0.3 is 0 Å². The Hall–Kier alpha value is -1.63.